The van der Waals surface area contributed by atoms with Crippen LogP contribution in [0.2, 0.25) is 18.6 Å². The third kappa shape index (κ3) is 3.97. The van der Waals surface area contributed by atoms with Crippen LogP contribution in [0, 0.1) is 5.41 Å². The van der Waals surface area contributed by atoms with Gasteiger partial charge in [-0.15, -0.1) is 0 Å². The van der Waals surface area contributed by atoms with Crippen LogP contribution in [0.5, 0.6) is 0 Å². The van der Waals surface area contributed by atoms with Crippen molar-refractivity contribution in [1.82, 2.24) is 0 Å². The van der Waals surface area contributed by atoms with E-state index in [-0.39, 0.29) is 0 Å². The fourth-order valence-electron chi connectivity index (χ4n) is 2.59. The summed E-state index contributed by atoms with van der Waals surface area (Å²) in [4.78, 5) is 0. The van der Waals surface area contributed by atoms with E-state index in [0.29, 0.717) is 11.0 Å². The summed E-state index contributed by atoms with van der Waals surface area (Å²) in [5.74, 6) is 0. The lowest BCUT2D eigenvalue weighted by molar-refractivity contribution is 0.307. The Morgan fingerprint density at radius 2 is 1.65 bits per heavy atom. The Balaban J connectivity index is 2.94. The van der Waals surface area contributed by atoms with E-state index in [1.807, 2.05) is 7.11 Å². The first-order valence-corrected chi connectivity index (χ1v) is 9.35. The van der Waals surface area contributed by atoms with Gasteiger partial charge in [0.25, 0.3) is 0 Å². The van der Waals surface area contributed by atoms with Gasteiger partial charge in [-0.2, -0.15) is 0 Å². The third-order valence-corrected chi connectivity index (χ3v) is 7.49. The smallest absolute Gasteiger partial charge is 0.190 e. The maximum atomic E-state index is 5.84. The summed E-state index contributed by atoms with van der Waals surface area (Å²) in [6, 6.07) is 10.8. The topological polar surface area (TPSA) is 9.23 Å². The molecule has 0 aliphatic carbocycles. The van der Waals surface area contributed by atoms with E-state index in [4.69, 9.17) is 4.43 Å². The summed E-state index contributed by atoms with van der Waals surface area (Å²) < 4.78 is 5.84. The lowest BCUT2D eigenvalue weighted by atomic mass is 9.88. The van der Waals surface area contributed by atoms with Crippen molar-refractivity contribution >= 4 is 8.32 Å². The average Bonchev–Trinajstić information content (AvgIpc) is 2.25. The molecule has 0 saturated carbocycles. The molecule has 0 N–H and O–H groups in total. The van der Waals surface area contributed by atoms with Gasteiger partial charge in [-0.1, -0.05) is 51.1 Å². The first-order valence-electron chi connectivity index (χ1n) is 6.36. The molecule has 1 nitrogen and oxygen atoms in total. The SMILES string of the molecule is CO[Si](C)(C)C(Cc1ccccc1)C(C)(C)C. The van der Waals surface area contributed by atoms with Crippen LogP contribution in [0.3, 0.4) is 0 Å². The van der Waals surface area contributed by atoms with E-state index in [1.54, 1.807) is 0 Å². The molecule has 0 heterocycles. The van der Waals surface area contributed by atoms with Gasteiger partial charge in [-0.25, -0.2) is 0 Å². The van der Waals surface area contributed by atoms with Crippen molar-refractivity contribution < 1.29 is 4.43 Å². The lowest BCUT2D eigenvalue weighted by Gasteiger charge is -2.40. The Morgan fingerprint density at radius 3 is 2.06 bits per heavy atom. The van der Waals surface area contributed by atoms with Gasteiger partial charge in [0, 0.05) is 7.11 Å². The van der Waals surface area contributed by atoms with Crippen molar-refractivity contribution in [3.8, 4) is 0 Å². The zero-order chi connectivity index (χ0) is 13.1. The summed E-state index contributed by atoms with van der Waals surface area (Å²) in [6.07, 6.45) is 1.12. The molecule has 0 radical (unpaired) electrons. The molecule has 0 saturated heterocycles. The number of hydrogen-bond donors (Lipinski definition) is 0. The minimum atomic E-state index is -1.62. The summed E-state index contributed by atoms with van der Waals surface area (Å²) in [6.45, 7) is 11.6. The van der Waals surface area contributed by atoms with Gasteiger partial charge in [0.05, 0.1) is 0 Å². The highest BCUT2D eigenvalue weighted by Gasteiger charge is 2.40. The van der Waals surface area contributed by atoms with Crippen LogP contribution in [-0.4, -0.2) is 15.4 Å². The third-order valence-electron chi connectivity index (χ3n) is 3.69. The van der Waals surface area contributed by atoms with Crippen LogP contribution < -0.4 is 0 Å². The normalized spacial score (nSPS) is 14.7. The number of benzene rings is 1. The molecule has 2 heteroatoms. The fourth-order valence-corrected chi connectivity index (χ4v) is 5.68. The zero-order valence-corrected chi connectivity index (χ0v) is 13.1. The quantitative estimate of drug-likeness (QED) is 0.715. The van der Waals surface area contributed by atoms with E-state index in [1.165, 1.54) is 5.56 Å². The molecule has 0 bridgehead atoms. The number of rotatable bonds is 4. The van der Waals surface area contributed by atoms with Crippen LogP contribution >= 0.6 is 0 Å². The van der Waals surface area contributed by atoms with Crippen LogP contribution in [0.25, 0.3) is 0 Å². The van der Waals surface area contributed by atoms with E-state index in [2.05, 4.69) is 64.2 Å². The molecule has 1 aromatic carbocycles. The lowest BCUT2D eigenvalue weighted by Crippen LogP contribution is -2.42. The molecule has 0 aromatic heterocycles. The minimum Gasteiger partial charge on any atom is -0.420 e. The van der Waals surface area contributed by atoms with Crippen molar-refractivity contribution in [2.24, 2.45) is 5.41 Å². The first-order chi connectivity index (χ1) is 7.77. The highest BCUT2D eigenvalue weighted by atomic mass is 28.4. The summed E-state index contributed by atoms with van der Waals surface area (Å²) >= 11 is 0. The second-order valence-electron chi connectivity index (χ2n) is 6.42. The van der Waals surface area contributed by atoms with E-state index in [0.717, 1.165) is 6.42 Å². The van der Waals surface area contributed by atoms with Gasteiger partial charge >= 0.3 is 0 Å². The van der Waals surface area contributed by atoms with Crippen LogP contribution in [0.15, 0.2) is 30.3 Å². The largest absolute Gasteiger partial charge is 0.420 e. The Morgan fingerprint density at radius 1 is 1.12 bits per heavy atom. The molecule has 1 rings (SSSR count). The summed E-state index contributed by atoms with van der Waals surface area (Å²) in [7, 11) is 0.246. The molecular formula is C15H26OSi. The van der Waals surface area contributed by atoms with Crippen molar-refractivity contribution in [2.45, 2.75) is 45.8 Å². The molecule has 1 aromatic rings. The monoisotopic (exact) mass is 250 g/mol. The second-order valence-corrected chi connectivity index (χ2v) is 10.7. The highest BCUT2D eigenvalue weighted by molar-refractivity contribution is 6.72. The van der Waals surface area contributed by atoms with Gasteiger partial charge in [0.2, 0.25) is 0 Å². The van der Waals surface area contributed by atoms with Crippen LogP contribution in [-0.2, 0) is 10.8 Å². The van der Waals surface area contributed by atoms with Gasteiger partial charge < -0.3 is 4.43 Å². The maximum absolute atomic E-state index is 5.84. The molecule has 17 heavy (non-hydrogen) atoms. The standard InChI is InChI=1S/C15H26OSi/c1-15(2,3)14(17(5,6)16-4)12-13-10-8-7-9-11-13/h7-11,14H,12H2,1-6H3. The average molecular weight is 250 g/mol. The molecule has 0 aliphatic rings. The number of hydrogen-bond acceptors (Lipinski definition) is 1. The van der Waals surface area contributed by atoms with Crippen molar-refractivity contribution in [3.63, 3.8) is 0 Å². The molecular weight excluding hydrogens is 224 g/mol. The van der Waals surface area contributed by atoms with Crippen molar-refractivity contribution in [2.75, 3.05) is 7.11 Å². The molecule has 0 spiro atoms. The molecule has 1 atom stereocenters. The van der Waals surface area contributed by atoms with Crippen LogP contribution in [0.1, 0.15) is 26.3 Å². The minimum absolute atomic E-state index is 0.293. The maximum Gasteiger partial charge on any atom is 0.190 e. The van der Waals surface area contributed by atoms with Crippen molar-refractivity contribution in [1.29, 1.82) is 0 Å². The highest BCUT2D eigenvalue weighted by Crippen LogP contribution is 2.41. The first kappa shape index (κ1) is 14.5. The molecule has 0 amide bonds. The molecule has 1 unspecified atom stereocenters. The Kier molecular flexibility index (Phi) is 4.56. The molecule has 0 fully saturated rings. The molecule has 0 aliphatic heterocycles. The van der Waals surface area contributed by atoms with Gasteiger partial charge in [0.1, 0.15) is 0 Å². The predicted molar refractivity (Wildman–Crippen MR) is 77.8 cm³/mol. The summed E-state index contributed by atoms with van der Waals surface area (Å²) in [5.41, 5.74) is 2.34. The Labute approximate surface area is 107 Å². The Hall–Kier alpha value is -0.603. The van der Waals surface area contributed by atoms with Crippen molar-refractivity contribution in [3.05, 3.63) is 35.9 Å². The zero-order valence-electron chi connectivity index (χ0n) is 12.1. The van der Waals surface area contributed by atoms with E-state index < -0.39 is 8.32 Å². The van der Waals surface area contributed by atoms with Gasteiger partial charge in [-0.05, 0) is 36.0 Å². The predicted octanol–water partition coefficient (Wildman–Crippen LogP) is 4.50. The van der Waals surface area contributed by atoms with Gasteiger partial charge in [0.15, 0.2) is 8.32 Å². The fraction of sp³-hybridized carbons (Fsp3) is 0.600. The van der Waals surface area contributed by atoms with E-state index in [9.17, 15) is 0 Å². The van der Waals surface area contributed by atoms with Crippen LogP contribution in [0.4, 0.5) is 0 Å². The van der Waals surface area contributed by atoms with Gasteiger partial charge in [-0.3, -0.25) is 0 Å². The van der Waals surface area contributed by atoms with E-state index >= 15 is 0 Å². The molecule has 96 valence electrons. The Bertz CT molecular complexity index is 338. The second kappa shape index (κ2) is 5.36. The summed E-state index contributed by atoms with van der Waals surface area (Å²) in [5, 5.41) is 0.